The van der Waals surface area contributed by atoms with Gasteiger partial charge in [0.25, 0.3) is 11.1 Å². The Morgan fingerprint density at radius 3 is 2.00 bits per heavy atom. The highest BCUT2D eigenvalue weighted by Gasteiger charge is 2.33. The van der Waals surface area contributed by atoms with Gasteiger partial charge in [0.15, 0.2) is 11.5 Å². The lowest BCUT2D eigenvalue weighted by Gasteiger charge is -2.26. The van der Waals surface area contributed by atoms with Crippen LogP contribution in [0.3, 0.4) is 0 Å². The fraction of sp³-hybridized carbons (Fsp3) is 0.333. The standard InChI is InChI=1S/C24H28N2O7/c1-12-10-15(27)21(24(30)25(12)3)20(19-13(2)26(4)18(29)11-16(19)28)14-8-9-17(31-5)23(33-7)22(14)32-6/h8-11,20,27-28H,1-7H3. The molecule has 2 N–H and O–H groups in total. The molecule has 1 unspecified atom stereocenters. The van der Waals surface area contributed by atoms with Crippen molar-refractivity contribution in [1.29, 1.82) is 0 Å². The average Bonchev–Trinajstić information content (AvgIpc) is 2.79. The summed E-state index contributed by atoms with van der Waals surface area (Å²) in [6, 6.07) is 5.88. The van der Waals surface area contributed by atoms with Gasteiger partial charge in [0, 0.05) is 42.7 Å². The van der Waals surface area contributed by atoms with Gasteiger partial charge in [-0.2, -0.15) is 0 Å². The van der Waals surface area contributed by atoms with Gasteiger partial charge in [-0.05, 0) is 26.0 Å². The molecule has 0 fully saturated rings. The quantitative estimate of drug-likeness (QED) is 0.585. The van der Waals surface area contributed by atoms with Crippen LogP contribution in [-0.2, 0) is 14.1 Å². The Morgan fingerprint density at radius 2 is 1.42 bits per heavy atom. The molecular weight excluding hydrogens is 428 g/mol. The Labute approximate surface area is 191 Å². The number of hydrogen-bond donors (Lipinski definition) is 2. The fourth-order valence-electron chi connectivity index (χ4n) is 4.08. The van der Waals surface area contributed by atoms with E-state index in [-0.39, 0.29) is 34.1 Å². The van der Waals surface area contributed by atoms with Crippen LogP contribution in [0.25, 0.3) is 0 Å². The Hall–Kier alpha value is -3.88. The highest BCUT2D eigenvalue weighted by Crippen LogP contribution is 2.48. The zero-order valence-corrected chi connectivity index (χ0v) is 19.7. The lowest BCUT2D eigenvalue weighted by Crippen LogP contribution is -2.28. The van der Waals surface area contributed by atoms with E-state index in [1.807, 2.05) is 0 Å². The number of aryl methyl sites for hydroxylation is 1. The molecule has 0 aliphatic carbocycles. The highest BCUT2D eigenvalue weighted by molar-refractivity contribution is 5.63. The molecule has 0 saturated carbocycles. The summed E-state index contributed by atoms with van der Waals surface area (Å²) in [4.78, 5) is 25.7. The molecule has 9 heteroatoms. The molecule has 1 atom stereocenters. The lowest BCUT2D eigenvalue weighted by atomic mass is 9.82. The van der Waals surface area contributed by atoms with Crippen LogP contribution in [0.5, 0.6) is 28.7 Å². The van der Waals surface area contributed by atoms with Gasteiger partial charge < -0.3 is 33.6 Å². The maximum atomic E-state index is 13.4. The van der Waals surface area contributed by atoms with Gasteiger partial charge in [0.05, 0.1) is 32.8 Å². The van der Waals surface area contributed by atoms with Crippen LogP contribution in [-0.4, -0.2) is 40.7 Å². The number of hydrogen-bond acceptors (Lipinski definition) is 7. The van der Waals surface area contributed by atoms with Crippen molar-refractivity contribution in [2.75, 3.05) is 21.3 Å². The molecule has 0 amide bonds. The van der Waals surface area contributed by atoms with Crippen LogP contribution in [0.4, 0.5) is 0 Å². The van der Waals surface area contributed by atoms with Gasteiger partial charge in [-0.3, -0.25) is 9.59 Å². The number of rotatable bonds is 6. The molecule has 176 valence electrons. The molecule has 3 rings (SSSR count). The molecule has 0 radical (unpaired) electrons. The van der Waals surface area contributed by atoms with Crippen molar-refractivity contribution in [1.82, 2.24) is 9.13 Å². The lowest BCUT2D eigenvalue weighted by molar-refractivity contribution is 0.321. The van der Waals surface area contributed by atoms with Crippen LogP contribution < -0.4 is 25.3 Å². The first-order valence-corrected chi connectivity index (χ1v) is 10.2. The first-order chi connectivity index (χ1) is 15.6. The van der Waals surface area contributed by atoms with Gasteiger partial charge in [-0.1, -0.05) is 6.07 Å². The SMILES string of the molecule is COc1ccc(C(c2c(O)cc(=O)n(C)c2C)c2c(O)cc(C)n(C)c2=O)c(OC)c1OC. The van der Waals surface area contributed by atoms with E-state index in [0.717, 1.165) is 6.07 Å². The Kier molecular flexibility index (Phi) is 6.44. The highest BCUT2D eigenvalue weighted by atomic mass is 16.5. The number of aromatic hydroxyl groups is 2. The number of ether oxygens (including phenoxy) is 3. The van der Waals surface area contributed by atoms with Crippen molar-refractivity contribution in [3.8, 4) is 28.7 Å². The topological polar surface area (TPSA) is 112 Å². The van der Waals surface area contributed by atoms with E-state index in [9.17, 15) is 19.8 Å². The largest absolute Gasteiger partial charge is 0.507 e. The molecule has 33 heavy (non-hydrogen) atoms. The normalized spacial score (nSPS) is 11.8. The zero-order chi connectivity index (χ0) is 24.6. The van der Waals surface area contributed by atoms with Gasteiger partial charge in [0.1, 0.15) is 11.5 Å². The summed E-state index contributed by atoms with van der Waals surface area (Å²) in [7, 11) is 7.54. The van der Waals surface area contributed by atoms with E-state index in [0.29, 0.717) is 22.7 Å². The number of benzene rings is 1. The first-order valence-electron chi connectivity index (χ1n) is 10.2. The monoisotopic (exact) mass is 456 g/mol. The predicted octanol–water partition coefficient (Wildman–Crippen LogP) is 2.32. The van der Waals surface area contributed by atoms with E-state index in [4.69, 9.17) is 14.2 Å². The first kappa shape index (κ1) is 23.8. The van der Waals surface area contributed by atoms with Crippen LogP contribution in [0.1, 0.15) is 34.0 Å². The van der Waals surface area contributed by atoms with Crippen LogP contribution in [0, 0.1) is 13.8 Å². The second-order valence-corrected chi connectivity index (χ2v) is 7.73. The summed E-state index contributed by atoms with van der Waals surface area (Å²) in [5, 5.41) is 21.8. The van der Waals surface area contributed by atoms with Gasteiger partial charge >= 0.3 is 0 Å². The van der Waals surface area contributed by atoms with Crippen molar-refractivity contribution >= 4 is 0 Å². The Bertz CT molecular complexity index is 1340. The van der Waals surface area contributed by atoms with Crippen LogP contribution in [0.2, 0.25) is 0 Å². The van der Waals surface area contributed by atoms with Gasteiger partial charge in [-0.15, -0.1) is 0 Å². The van der Waals surface area contributed by atoms with E-state index < -0.39 is 17.0 Å². The summed E-state index contributed by atoms with van der Waals surface area (Å²) < 4.78 is 19.3. The maximum absolute atomic E-state index is 13.4. The van der Waals surface area contributed by atoms with Crippen molar-refractivity contribution in [3.05, 3.63) is 73.1 Å². The number of pyridine rings is 2. The average molecular weight is 456 g/mol. The molecule has 2 heterocycles. The van der Waals surface area contributed by atoms with Crippen molar-refractivity contribution in [2.24, 2.45) is 14.1 Å². The second kappa shape index (κ2) is 8.93. The third-order valence-electron chi connectivity index (χ3n) is 6.07. The zero-order valence-electron chi connectivity index (χ0n) is 19.7. The maximum Gasteiger partial charge on any atom is 0.258 e. The van der Waals surface area contributed by atoms with Gasteiger partial charge in [-0.25, -0.2) is 0 Å². The molecule has 9 nitrogen and oxygen atoms in total. The van der Waals surface area contributed by atoms with Crippen LogP contribution >= 0.6 is 0 Å². The molecule has 0 saturated heterocycles. The Morgan fingerprint density at radius 1 is 0.818 bits per heavy atom. The minimum Gasteiger partial charge on any atom is -0.507 e. The number of methoxy groups -OCH3 is 3. The molecule has 0 aliphatic heterocycles. The molecule has 0 aliphatic rings. The molecule has 0 spiro atoms. The van der Waals surface area contributed by atoms with Gasteiger partial charge in [0.2, 0.25) is 5.75 Å². The third-order valence-corrected chi connectivity index (χ3v) is 6.07. The van der Waals surface area contributed by atoms with E-state index in [1.54, 1.807) is 40.1 Å². The number of nitrogens with zero attached hydrogens (tertiary/aromatic N) is 2. The number of aromatic nitrogens is 2. The van der Waals surface area contributed by atoms with Crippen molar-refractivity contribution < 1.29 is 24.4 Å². The third kappa shape index (κ3) is 3.79. The summed E-state index contributed by atoms with van der Waals surface area (Å²) in [6.07, 6.45) is 0. The van der Waals surface area contributed by atoms with Crippen molar-refractivity contribution in [3.63, 3.8) is 0 Å². The minimum absolute atomic E-state index is 0.0191. The Balaban J connectivity index is 2.56. The minimum atomic E-state index is -0.995. The summed E-state index contributed by atoms with van der Waals surface area (Å²) in [5.41, 5.74) is 0.840. The molecule has 1 aromatic carbocycles. The smallest absolute Gasteiger partial charge is 0.258 e. The predicted molar refractivity (Wildman–Crippen MR) is 123 cm³/mol. The van der Waals surface area contributed by atoms with E-state index >= 15 is 0 Å². The molecule has 0 bridgehead atoms. The van der Waals surface area contributed by atoms with Crippen LogP contribution in [0.15, 0.2) is 33.9 Å². The van der Waals surface area contributed by atoms with Crippen molar-refractivity contribution in [2.45, 2.75) is 19.8 Å². The summed E-state index contributed by atoms with van der Waals surface area (Å²) >= 11 is 0. The fourth-order valence-corrected chi connectivity index (χ4v) is 4.08. The van der Waals surface area contributed by atoms with E-state index in [2.05, 4.69) is 0 Å². The molecule has 3 aromatic rings. The molecular formula is C24H28N2O7. The molecule has 2 aromatic heterocycles. The summed E-state index contributed by atoms with van der Waals surface area (Å²) in [5.74, 6) is -0.598. The second-order valence-electron chi connectivity index (χ2n) is 7.73. The van der Waals surface area contributed by atoms with E-state index in [1.165, 1.54) is 36.5 Å². The summed E-state index contributed by atoms with van der Waals surface area (Å²) in [6.45, 7) is 3.36.